The van der Waals surface area contributed by atoms with Crippen molar-refractivity contribution in [2.24, 2.45) is 0 Å². The molecule has 0 saturated carbocycles. The van der Waals surface area contributed by atoms with Crippen LogP contribution in [-0.2, 0) is 11.3 Å². The van der Waals surface area contributed by atoms with Gasteiger partial charge in [0.15, 0.2) is 0 Å². The van der Waals surface area contributed by atoms with Crippen molar-refractivity contribution in [1.29, 1.82) is 0 Å². The number of aryl methyl sites for hydroxylation is 1. The van der Waals surface area contributed by atoms with Crippen molar-refractivity contribution < 1.29 is 9.53 Å². The molecule has 3 heterocycles. The molecule has 1 saturated heterocycles. The third kappa shape index (κ3) is 2.73. The lowest BCUT2D eigenvalue weighted by molar-refractivity contribution is 0.0791. The van der Waals surface area contributed by atoms with Gasteiger partial charge in [-0.15, -0.1) is 11.3 Å². The zero-order valence-corrected chi connectivity index (χ0v) is 13.1. The number of likely N-dealkylation sites (tertiary alicyclic amines) is 1. The van der Waals surface area contributed by atoms with Crippen molar-refractivity contribution in [3.8, 4) is 0 Å². The largest absolute Gasteiger partial charge is 0.377 e. The number of amides is 1. The highest BCUT2D eigenvalue weighted by atomic mass is 32.1. The highest BCUT2D eigenvalue weighted by molar-refractivity contribution is 7.12. The summed E-state index contributed by atoms with van der Waals surface area (Å²) in [6.45, 7) is 4.09. The predicted molar refractivity (Wildman–Crippen MR) is 81.6 cm³/mol. The first kappa shape index (κ1) is 14.3. The van der Waals surface area contributed by atoms with E-state index in [9.17, 15) is 4.79 Å². The molecule has 3 rings (SSSR count). The highest BCUT2D eigenvalue weighted by Gasteiger charge is 2.30. The molecule has 2 aromatic heterocycles. The lowest BCUT2D eigenvalue weighted by atomic mass is 10.2. The Morgan fingerprint density at radius 2 is 2.43 bits per heavy atom. The smallest absolute Gasteiger partial charge is 0.263 e. The van der Waals surface area contributed by atoms with E-state index in [-0.39, 0.29) is 5.91 Å². The number of ether oxygens (including phenoxy) is 1. The summed E-state index contributed by atoms with van der Waals surface area (Å²) in [6.07, 6.45) is 2.84. The van der Waals surface area contributed by atoms with Crippen LogP contribution in [0.5, 0.6) is 0 Å². The van der Waals surface area contributed by atoms with Gasteiger partial charge in [0, 0.05) is 32.1 Å². The second kappa shape index (κ2) is 5.99. The van der Waals surface area contributed by atoms with E-state index in [2.05, 4.69) is 16.5 Å². The number of rotatable bonds is 4. The summed E-state index contributed by atoms with van der Waals surface area (Å²) in [7, 11) is 1.68. The van der Waals surface area contributed by atoms with E-state index in [0.29, 0.717) is 12.6 Å². The maximum Gasteiger partial charge on any atom is 0.263 e. The normalized spacial score (nSPS) is 18.4. The zero-order chi connectivity index (χ0) is 14.8. The molecule has 21 heavy (non-hydrogen) atoms. The summed E-state index contributed by atoms with van der Waals surface area (Å²) in [5.41, 5.74) is 1.12. The monoisotopic (exact) mass is 305 g/mol. The first-order chi connectivity index (χ1) is 10.2. The third-order valence-corrected chi connectivity index (χ3v) is 4.74. The number of imidazole rings is 1. The van der Waals surface area contributed by atoms with Crippen molar-refractivity contribution in [2.45, 2.75) is 26.0 Å². The van der Waals surface area contributed by atoms with E-state index in [1.165, 1.54) is 11.3 Å². The number of thiophene rings is 1. The molecule has 1 amide bonds. The van der Waals surface area contributed by atoms with Crippen molar-refractivity contribution >= 4 is 17.2 Å². The third-order valence-electron chi connectivity index (χ3n) is 3.88. The van der Waals surface area contributed by atoms with Crippen LogP contribution in [0.1, 0.15) is 33.7 Å². The van der Waals surface area contributed by atoms with Gasteiger partial charge in [-0.25, -0.2) is 4.98 Å². The SMILES string of the molecule is COCc1ncc(C)n1C1CCN(C(=O)c2cccs2)C1. The van der Waals surface area contributed by atoms with E-state index >= 15 is 0 Å². The fraction of sp³-hybridized carbons (Fsp3) is 0.467. The molecule has 0 N–H and O–H groups in total. The highest BCUT2D eigenvalue weighted by Crippen LogP contribution is 2.27. The lowest BCUT2D eigenvalue weighted by Gasteiger charge is -2.19. The van der Waals surface area contributed by atoms with Gasteiger partial charge in [0.05, 0.1) is 10.9 Å². The van der Waals surface area contributed by atoms with Crippen LogP contribution in [0.4, 0.5) is 0 Å². The second-order valence-electron chi connectivity index (χ2n) is 5.29. The predicted octanol–water partition coefficient (Wildman–Crippen LogP) is 2.49. The van der Waals surface area contributed by atoms with Crippen molar-refractivity contribution in [3.05, 3.63) is 40.1 Å². The van der Waals surface area contributed by atoms with E-state index in [1.807, 2.05) is 28.6 Å². The molecule has 1 fully saturated rings. The van der Waals surface area contributed by atoms with Gasteiger partial charge in [-0.05, 0) is 24.8 Å². The summed E-state index contributed by atoms with van der Waals surface area (Å²) >= 11 is 1.50. The Morgan fingerprint density at radius 3 is 3.14 bits per heavy atom. The van der Waals surface area contributed by atoms with Gasteiger partial charge in [-0.1, -0.05) is 6.07 Å². The fourth-order valence-corrected chi connectivity index (χ4v) is 3.61. The molecule has 1 aliphatic heterocycles. The van der Waals surface area contributed by atoms with Crippen LogP contribution < -0.4 is 0 Å². The van der Waals surface area contributed by atoms with Gasteiger partial charge in [0.2, 0.25) is 0 Å². The number of hydrogen-bond donors (Lipinski definition) is 0. The number of hydrogen-bond acceptors (Lipinski definition) is 4. The number of carbonyl (C=O) groups excluding carboxylic acids is 1. The molecule has 6 heteroatoms. The molecule has 0 radical (unpaired) electrons. The topological polar surface area (TPSA) is 47.4 Å². The molecule has 1 aliphatic rings. The molecule has 1 unspecified atom stereocenters. The van der Waals surface area contributed by atoms with Crippen LogP contribution in [0.15, 0.2) is 23.7 Å². The van der Waals surface area contributed by atoms with Crippen LogP contribution in [-0.4, -0.2) is 40.6 Å². The lowest BCUT2D eigenvalue weighted by Crippen LogP contribution is -2.28. The standard InChI is InChI=1S/C15H19N3O2S/c1-11-8-16-14(10-20-2)18(11)12-5-6-17(9-12)15(19)13-4-3-7-21-13/h3-4,7-8,12H,5-6,9-10H2,1-2H3. The van der Waals surface area contributed by atoms with Crippen molar-refractivity contribution in [3.63, 3.8) is 0 Å². The Bertz CT molecular complexity index is 621. The zero-order valence-electron chi connectivity index (χ0n) is 12.3. The average molecular weight is 305 g/mol. The first-order valence-corrected chi connectivity index (χ1v) is 7.93. The van der Waals surface area contributed by atoms with E-state index in [4.69, 9.17) is 4.74 Å². The Balaban J connectivity index is 1.75. The second-order valence-corrected chi connectivity index (χ2v) is 6.24. The molecule has 0 spiro atoms. The minimum atomic E-state index is 0.138. The molecule has 112 valence electrons. The van der Waals surface area contributed by atoms with Gasteiger partial charge in [-0.3, -0.25) is 4.79 Å². The van der Waals surface area contributed by atoms with Crippen LogP contribution in [0, 0.1) is 6.92 Å². The van der Waals surface area contributed by atoms with E-state index < -0.39 is 0 Å². The molecule has 0 aliphatic carbocycles. The van der Waals surface area contributed by atoms with Gasteiger partial charge in [0.1, 0.15) is 12.4 Å². The Labute approximate surface area is 128 Å². The van der Waals surface area contributed by atoms with Crippen molar-refractivity contribution in [2.75, 3.05) is 20.2 Å². The van der Waals surface area contributed by atoms with Gasteiger partial charge in [-0.2, -0.15) is 0 Å². The van der Waals surface area contributed by atoms with E-state index in [0.717, 1.165) is 35.9 Å². The van der Waals surface area contributed by atoms with Gasteiger partial charge >= 0.3 is 0 Å². The number of carbonyl (C=O) groups is 1. The molecular weight excluding hydrogens is 286 g/mol. The Morgan fingerprint density at radius 1 is 1.57 bits per heavy atom. The molecule has 1 atom stereocenters. The van der Waals surface area contributed by atoms with Crippen molar-refractivity contribution in [1.82, 2.24) is 14.5 Å². The average Bonchev–Trinajstić information content (AvgIpc) is 3.19. The quantitative estimate of drug-likeness (QED) is 0.872. The van der Waals surface area contributed by atoms with Gasteiger partial charge in [0.25, 0.3) is 5.91 Å². The minimum Gasteiger partial charge on any atom is -0.377 e. The van der Waals surface area contributed by atoms with Gasteiger partial charge < -0.3 is 14.2 Å². The summed E-state index contributed by atoms with van der Waals surface area (Å²) in [6, 6.07) is 4.10. The van der Waals surface area contributed by atoms with E-state index in [1.54, 1.807) is 7.11 Å². The summed E-state index contributed by atoms with van der Waals surface area (Å²) in [4.78, 5) is 19.6. The Hall–Kier alpha value is -1.66. The fourth-order valence-electron chi connectivity index (χ4n) is 2.92. The first-order valence-electron chi connectivity index (χ1n) is 7.05. The maximum atomic E-state index is 12.4. The minimum absolute atomic E-state index is 0.138. The summed E-state index contributed by atoms with van der Waals surface area (Å²) in [5, 5.41) is 1.94. The van der Waals surface area contributed by atoms with Crippen LogP contribution in [0.2, 0.25) is 0 Å². The molecule has 2 aromatic rings. The molecule has 5 nitrogen and oxygen atoms in total. The molecule has 0 aromatic carbocycles. The van der Waals surface area contributed by atoms with Crippen LogP contribution >= 0.6 is 11.3 Å². The molecular formula is C15H19N3O2S. The number of nitrogens with zero attached hydrogens (tertiary/aromatic N) is 3. The molecule has 0 bridgehead atoms. The Kier molecular flexibility index (Phi) is 4.07. The van der Waals surface area contributed by atoms with Crippen LogP contribution in [0.3, 0.4) is 0 Å². The van der Waals surface area contributed by atoms with Crippen LogP contribution in [0.25, 0.3) is 0 Å². The maximum absolute atomic E-state index is 12.4. The summed E-state index contributed by atoms with van der Waals surface area (Å²) in [5.74, 6) is 1.07. The number of aromatic nitrogens is 2. The summed E-state index contributed by atoms with van der Waals surface area (Å²) < 4.78 is 7.43. The number of methoxy groups -OCH3 is 1.